The Balaban J connectivity index is 2.11. The van der Waals surface area contributed by atoms with Gasteiger partial charge in [-0.3, -0.25) is 5.43 Å². The lowest BCUT2D eigenvalue weighted by Crippen LogP contribution is -1.92. The van der Waals surface area contributed by atoms with Gasteiger partial charge in [0.2, 0.25) is 5.13 Å². The number of aromatic nitrogens is 1. The van der Waals surface area contributed by atoms with Crippen LogP contribution in [0.1, 0.15) is 11.3 Å². The minimum absolute atomic E-state index is 0.446. The fourth-order valence-corrected chi connectivity index (χ4v) is 2.71. The molecule has 0 aliphatic rings. The Labute approximate surface area is 125 Å². The lowest BCUT2D eigenvalue weighted by Gasteiger charge is -2.06. The van der Waals surface area contributed by atoms with E-state index in [1.165, 1.54) is 18.4 Å². The molecule has 19 heavy (non-hydrogen) atoms. The van der Waals surface area contributed by atoms with E-state index in [4.69, 9.17) is 27.9 Å². The van der Waals surface area contributed by atoms with Gasteiger partial charge in [-0.1, -0.05) is 23.2 Å². The summed E-state index contributed by atoms with van der Waals surface area (Å²) < 4.78 is 5.07. The van der Waals surface area contributed by atoms with Gasteiger partial charge in [0.25, 0.3) is 0 Å². The number of benzene rings is 1. The maximum atomic E-state index is 6.03. The first-order chi connectivity index (χ1) is 9.10. The summed E-state index contributed by atoms with van der Waals surface area (Å²) in [5, 5.41) is 7.65. The fourth-order valence-electron chi connectivity index (χ4n) is 1.42. The zero-order valence-electron chi connectivity index (χ0n) is 10.3. The van der Waals surface area contributed by atoms with Crippen molar-refractivity contribution in [1.82, 2.24) is 4.98 Å². The van der Waals surface area contributed by atoms with Crippen LogP contribution in [-0.4, -0.2) is 18.3 Å². The number of thiazole rings is 1. The van der Waals surface area contributed by atoms with Crippen LogP contribution in [0.25, 0.3) is 0 Å². The molecule has 2 aromatic rings. The van der Waals surface area contributed by atoms with Gasteiger partial charge in [0.1, 0.15) is 0 Å². The summed E-state index contributed by atoms with van der Waals surface area (Å²) in [6.45, 7) is 1.93. The predicted molar refractivity (Wildman–Crippen MR) is 81.1 cm³/mol. The quantitative estimate of drug-likeness (QED) is 0.679. The molecule has 4 nitrogen and oxygen atoms in total. The number of aryl methyl sites for hydroxylation is 1. The molecular formula is C12H11Cl2N3OS. The smallest absolute Gasteiger partial charge is 0.203 e. The zero-order chi connectivity index (χ0) is 13.8. The van der Waals surface area contributed by atoms with Gasteiger partial charge in [0, 0.05) is 5.38 Å². The lowest BCUT2D eigenvalue weighted by atomic mass is 10.2. The molecule has 0 spiro atoms. The average molecular weight is 316 g/mol. The van der Waals surface area contributed by atoms with Crippen molar-refractivity contribution in [3.8, 4) is 5.75 Å². The number of hydrazone groups is 1. The summed E-state index contributed by atoms with van der Waals surface area (Å²) in [4.78, 5) is 4.23. The van der Waals surface area contributed by atoms with E-state index in [-0.39, 0.29) is 0 Å². The molecule has 0 saturated carbocycles. The number of hydrogen-bond acceptors (Lipinski definition) is 5. The number of nitrogens with one attached hydrogen (secondary N) is 1. The average Bonchev–Trinajstić information content (AvgIpc) is 2.75. The fraction of sp³-hybridized carbons (Fsp3) is 0.167. The summed E-state index contributed by atoms with van der Waals surface area (Å²) in [6, 6.07) is 3.45. The zero-order valence-corrected chi connectivity index (χ0v) is 12.6. The van der Waals surface area contributed by atoms with Crippen molar-refractivity contribution in [3.05, 3.63) is 38.8 Å². The maximum absolute atomic E-state index is 6.03. The minimum Gasteiger partial charge on any atom is -0.494 e. The van der Waals surface area contributed by atoms with E-state index in [1.807, 2.05) is 12.3 Å². The highest BCUT2D eigenvalue weighted by Crippen LogP contribution is 2.33. The first kappa shape index (κ1) is 14.1. The monoisotopic (exact) mass is 315 g/mol. The van der Waals surface area contributed by atoms with E-state index in [1.54, 1.807) is 18.3 Å². The Hall–Kier alpha value is -1.30. The van der Waals surface area contributed by atoms with Crippen molar-refractivity contribution < 1.29 is 4.74 Å². The summed E-state index contributed by atoms with van der Waals surface area (Å²) in [5.74, 6) is 0.462. The number of nitrogens with zero attached hydrogens (tertiary/aromatic N) is 2. The normalized spacial score (nSPS) is 10.9. The Kier molecular flexibility index (Phi) is 4.63. The van der Waals surface area contributed by atoms with Gasteiger partial charge in [-0.25, -0.2) is 4.98 Å². The summed E-state index contributed by atoms with van der Waals surface area (Å²) >= 11 is 13.6. The van der Waals surface area contributed by atoms with Crippen LogP contribution in [0.3, 0.4) is 0 Å². The Morgan fingerprint density at radius 1 is 1.37 bits per heavy atom. The topological polar surface area (TPSA) is 46.5 Å². The van der Waals surface area contributed by atoms with Crippen molar-refractivity contribution >= 4 is 45.9 Å². The Morgan fingerprint density at radius 2 is 2.05 bits per heavy atom. The second kappa shape index (κ2) is 6.23. The van der Waals surface area contributed by atoms with Crippen molar-refractivity contribution in [3.63, 3.8) is 0 Å². The summed E-state index contributed by atoms with van der Waals surface area (Å²) in [6.07, 6.45) is 1.62. The van der Waals surface area contributed by atoms with Crippen LogP contribution < -0.4 is 10.2 Å². The van der Waals surface area contributed by atoms with E-state index in [9.17, 15) is 0 Å². The van der Waals surface area contributed by atoms with Gasteiger partial charge < -0.3 is 4.74 Å². The molecule has 0 aliphatic carbocycles. The third-order valence-corrected chi connectivity index (χ3v) is 3.64. The van der Waals surface area contributed by atoms with Crippen LogP contribution in [0.15, 0.2) is 22.6 Å². The van der Waals surface area contributed by atoms with Crippen molar-refractivity contribution in [2.75, 3.05) is 12.5 Å². The maximum Gasteiger partial charge on any atom is 0.203 e. The van der Waals surface area contributed by atoms with E-state index < -0.39 is 0 Å². The molecule has 0 atom stereocenters. The standard InChI is InChI=1S/C12H11Cl2N3OS/c1-7-6-19-12(16-7)17-15-5-8-3-9(13)11(18-2)10(14)4-8/h3-6H,1-2H3,(H,16,17)/b15-5-. The van der Waals surface area contributed by atoms with Crippen LogP contribution in [0.4, 0.5) is 5.13 Å². The molecule has 0 saturated heterocycles. The first-order valence-corrected chi connectivity index (χ1v) is 6.98. The largest absolute Gasteiger partial charge is 0.494 e. The molecule has 1 heterocycles. The van der Waals surface area contributed by atoms with Gasteiger partial charge in [0.05, 0.1) is 29.1 Å². The number of anilines is 1. The third kappa shape index (κ3) is 3.59. The predicted octanol–water partition coefficient (Wildman–Crippen LogP) is 4.21. The molecule has 0 amide bonds. The molecule has 1 aromatic carbocycles. The third-order valence-electron chi connectivity index (χ3n) is 2.22. The molecule has 2 rings (SSSR count). The van der Waals surface area contributed by atoms with Gasteiger partial charge in [-0.05, 0) is 24.6 Å². The van der Waals surface area contributed by atoms with Crippen LogP contribution in [-0.2, 0) is 0 Å². The Morgan fingerprint density at radius 3 is 2.58 bits per heavy atom. The van der Waals surface area contributed by atoms with Crippen LogP contribution in [0.5, 0.6) is 5.75 Å². The summed E-state index contributed by atoms with van der Waals surface area (Å²) in [5.41, 5.74) is 4.57. The molecule has 1 aromatic heterocycles. The number of ether oxygens (including phenoxy) is 1. The van der Waals surface area contributed by atoms with Gasteiger partial charge in [-0.2, -0.15) is 5.10 Å². The number of methoxy groups -OCH3 is 1. The minimum atomic E-state index is 0.446. The lowest BCUT2D eigenvalue weighted by molar-refractivity contribution is 0.415. The molecule has 0 unspecified atom stereocenters. The second-order valence-electron chi connectivity index (χ2n) is 3.68. The van der Waals surface area contributed by atoms with E-state index in [2.05, 4.69) is 15.5 Å². The van der Waals surface area contributed by atoms with Gasteiger partial charge in [-0.15, -0.1) is 11.3 Å². The number of hydrogen-bond donors (Lipinski definition) is 1. The molecule has 100 valence electrons. The molecule has 0 bridgehead atoms. The summed E-state index contributed by atoms with van der Waals surface area (Å²) in [7, 11) is 1.52. The van der Waals surface area contributed by atoms with Gasteiger partial charge in [0.15, 0.2) is 5.75 Å². The van der Waals surface area contributed by atoms with Crippen LogP contribution >= 0.6 is 34.5 Å². The molecular weight excluding hydrogens is 305 g/mol. The SMILES string of the molecule is COc1c(Cl)cc(/C=N\Nc2nc(C)cs2)cc1Cl. The molecule has 0 radical (unpaired) electrons. The van der Waals surface area contributed by atoms with Crippen LogP contribution in [0.2, 0.25) is 10.0 Å². The van der Waals surface area contributed by atoms with Crippen molar-refractivity contribution in [2.45, 2.75) is 6.92 Å². The van der Waals surface area contributed by atoms with Gasteiger partial charge >= 0.3 is 0 Å². The number of halogens is 2. The second-order valence-corrected chi connectivity index (χ2v) is 5.35. The van der Waals surface area contributed by atoms with E-state index in [0.717, 1.165) is 16.4 Å². The van der Waals surface area contributed by atoms with Crippen LogP contribution in [0, 0.1) is 6.92 Å². The number of rotatable bonds is 4. The molecule has 0 fully saturated rings. The molecule has 0 aliphatic heterocycles. The van der Waals surface area contributed by atoms with E-state index in [0.29, 0.717) is 15.8 Å². The highest BCUT2D eigenvalue weighted by molar-refractivity contribution is 7.13. The highest BCUT2D eigenvalue weighted by atomic mass is 35.5. The van der Waals surface area contributed by atoms with E-state index >= 15 is 0 Å². The van der Waals surface area contributed by atoms with Crippen molar-refractivity contribution in [1.29, 1.82) is 0 Å². The Bertz CT molecular complexity index is 590. The highest BCUT2D eigenvalue weighted by Gasteiger charge is 2.07. The first-order valence-electron chi connectivity index (χ1n) is 5.34. The molecule has 7 heteroatoms. The van der Waals surface area contributed by atoms with Crippen molar-refractivity contribution in [2.24, 2.45) is 5.10 Å². The molecule has 1 N–H and O–H groups in total.